The predicted molar refractivity (Wildman–Crippen MR) is 87.5 cm³/mol. The predicted octanol–water partition coefficient (Wildman–Crippen LogP) is 5.04. The molecular formula is C18H26OSi. The van der Waals surface area contributed by atoms with Gasteiger partial charge in [-0.3, -0.25) is 4.79 Å². The van der Waals surface area contributed by atoms with Gasteiger partial charge in [-0.2, -0.15) is 0 Å². The fourth-order valence-corrected chi connectivity index (χ4v) is 7.88. The highest BCUT2D eigenvalue weighted by molar-refractivity contribution is 6.80. The van der Waals surface area contributed by atoms with E-state index in [9.17, 15) is 4.79 Å². The fraction of sp³-hybridized carbons (Fsp3) is 0.611. The maximum Gasteiger partial charge on any atom is 0.163 e. The van der Waals surface area contributed by atoms with Crippen molar-refractivity contribution in [2.24, 2.45) is 5.92 Å². The van der Waals surface area contributed by atoms with Gasteiger partial charge in [-0.15, -0.1) is 0 Å². The smallest absolute Gasteiger partial charge is 0.163 e. The van der Waals surface area contributed by atoms with Crippen LogP contribution in [-0.4, -0.2) is 13.9 Å². The Bertz CT molecular complexity index is 571. The van der Waals surface area contributed by atoms with Gasteiger partial charge in [0.2, 0.25) is 0 Å². The van der Waals surface area contributed by atoms with Gasteiger partial charge in [0, 0.05) is 11.0 Å². The first-order valence-corrected chi connectivity index (χ1v) is 11.4. The van der Waals surface area contributed by atoms with Crippen molar-refractivity contribution in [2.45, 2.75) is 64.2 Å². The zero-order valence-corrected chi connectivity index (χ0v) is 14.5. The summed E-state index contributed by atoms with van der Waals surface area (Å²) in [6.07, 6.45) is 8.63. The van der Waals surface area contributed by atoms with Crippen molar-refractivity contribution in [1.29, 1.82) is 0 Å². The lowest BCUT2D eigenvalue weighted by molar-refractivity contribution is -0.119. The molecule has 2 atom stereocenters. The van der Waals surface area contributed by atoms with Crippen LogP contribution in [0.1, 0.15) is 39.5 Å². The van der Waals surface area contributed by atoms with Gasteiger partial charge in [0.15, 0.2) is 5.78 Å². The van der Waals surface area contributed by atoms with Crippen LogP contribution < -0.4 is 0 Å². The summed E-state index contributed by atoms with van der Waals surface area (Å²) in [7, 11) is -1.46. The summed E-state index contributed by atoms with van der Waals surface area (Å²) in [4.78, 5) is 13.0. The molecule has 0 saturated heterocycles. The molecule has 1 nitrogen and oxygen atoms in total. The summed E-state index contributed by atoms with van der Waals surface area (Å²) in [6.45, 7) is 11.8. The lowest BCUT2D eigenvalue weighted by Gasteiger charge is -2.48. The van der Waals surface area contributed by atoms with Gasteiger partial charge in [0.05, 0.1) is 8.07 Å². The summed E-state index contributed by atoms with van der Waals surface area (Å²) in [5.41, 5.74) is 5.67. The second kappa shape index (κ2) is 4.30. The van der Waals surface area contributed by atoms with Crippen molar-refractivity contribution in [3.05, 3.63) is 34.4 Å². The lowest BCUT2D eigenvalue weighted by Crippen LogP contribution is -2.46. The zero-order chi connectivity index (χ0) is 14.7. The highest BCUT2D eigenvalue weighted by Gasteiger charge is 2.59. The number of hydrogen-bond donors (Lipinski definition) is 0. The van der Waals surface area contributed by atoms with E-state index in [1.54, 1.807) is 5.57 Å². The summed E-state index contributed by atoms with van der Waals surface area (Å²) in [6, 6.07) is 0. The lowest BCUT2D eigenvalue weighted by atomic mass is 9.78. The van der Waals surface area contributed by atoms with Gasteiger partial charge in [0.25, 0.3) is 0 Å². The number of carbonyl (C=O) groups excluding carboxylic acids is 1. The molecule has 0 heterocycles. The molecule has 108 valence electrons. The highest BCUT2D eigenvalue weighted by atomic mass is 28.3. The van der Waals surface area contributed by atoms with Crippen LogP contribution in [-0.2, 0) is 4.79 Å². The number of hydrogen-bond acceptors (Lipinski definition) is 1. The Morgan fingerprint density at radius 1 is 1.10 bits per heavy atom. The first-order valence-electron chi connectivity index (χ1n) is 7.86. The molecule has 0 fully saturated rings. The standard InChI is InChI=1S/C18H26OSi/c1-12-10-14-16(11-13(12)2)18(20(3,4)5)9-7-6-8-15(18)17(14)19/h6-7,15H,8-11H2,1-5H3. The van der Waals surface area contributed by atoms with Crippen LogP contribution in [0.4, 0.5) is 0 Å². The first kappa shape index (κ1) is 14.1. The third kappa shape index (κ3) is 1.63. The third-order valence-corrected chi connectivity index (χ3v) is 9.57. The van der Waals surface area contributed by atoms with Crippen LogP contribution in [0.25, 0.3) is 0 Å². The van der Waals surface area contributed by atoms with Gasteiger partial charge in [-0.1, -0.05) is 48.5 Å². The number of Topliss-reactive ketones (excluding diaryl/α,β-unsaturated/α-hetero) is 1. The van der Waals surface area contributed by atoms with Gasteiger partial charge in [-0.25, -0.2) is 0 Å². The monoisotopic (exact) mass is 286 g/mol. The molecule has 3 aliphatic rings. The van der Waals surface area contributed by atoms with E-state index in [2.05, 4.69) is 45.6 Å². The normalized spacial score (nSPS) is 33.6. The molecule has 0 saturated carbocycles. The molecule has 20 heavy (non-hydrogen) atoms. The topological polar surface area (TPSA) is 17.1 Å². The molecule has 0 aliphatic heterocycles. The third-order valence-electron chi connectivity index (χ3n) is 6.04. The summed E-state index contributed by atoms with van der Waals surface area (Å²) in [5.74, 6) is 0.737. The van der Waals surface area contributed by atoms with E-state index in [4.69, 9.17) is 0 Å². The second-order valence-electron chi connectivity index (χ2n) is 7.92. The zero-order valence-electron chi connectivity index (χ0n) is 13.5. The quantitative estimate of drug-likeness (QED) is 0.487. The molecule has 0 aromatic heterocycles. The molecule has 0 amide bonds. The van der Waals surface area contributed by atoms with E-state index < -0.39 is 8.07 Å². The van der Waals surface area contributed by atoms with Crippen LogP contribution in [0, 0.1) is 5.92 Å². The molecule has 0 N–H and O–H groups in total. The van der Waals surface area contributed by atoms with Crippen molar-refractivity contribution in [1.82, 2.24) is 0 Å². The van der Waals surface area contributed by atoms with Crippen LogP contribution in [0.5, 0.6) is 0 Å². The van der Waals surface area contributed by atoms with Gasteiger partial charge in [-0.05, 0) is 45.1 Å². The largest absolute Gasteiger partial charge is 0.294 e. The Labute approximate surface area is 123 Å². The van der Waals surface area contributed by atoms with E-state index in [-0.39, 0.29) is 11.0 Å². The number of allylic oxidation sites excluding steroid dienone is 6. The Balaban J connectivity index is 2.18. The van der Waals surface area contributed by atoms with Crippen LogP contribution in [0.3, 0.4) is 0 Å². The van der Waals surface area contributed by atoms with E-state index in [0.717, 1.165) is 25.7 Å². The summed E-state index contributed by atoms with van der Waals surface area (Å²) in [5, 5.41) is 0.204. The maximum atomic E-state index is 13.0. The van der Waals surface area contributed by atoms with Crippen molar-refractivity contribution >= 4 is 13.9 Å². The van der Waals surface area contributed by atoms with E-state index >= 15 is 0 Å². The number of rotatable bonds is 1. The summed E-state index contributed by atoms with van der Waals surface area (Å²) >= 11 is 0. The molecule has 0 bridgehead atoms. The summed E-state index contributed by atoms with van der Waals surface area (Å²) < 4.78 is 0. The first-order chi connectivity index (χ1) is 9.29. The molecule has 3 rings (SSSR count). The molecule has 0 aromatic rings. The fourth-order valence-electron chi connectivity index (χ4n) is 4.71. The Hall–Kier alpha value is -0.893. The number of fused-ring (bicyclic) bond motifs is 2. The highest BCUT2D eigenvalue weighted by Crippen LogP contribution is 2.65. The second-order valence-corrected chi connectivity index (χ2v) is 13.3. The van der Waals surface area contributed by atoms with E-state index in [1.165, 1.54) is 16.7 Å². The van der Waals surface area contributed by atoms with Crippen LogP contribution in [0.2, 0.25) is 24.7 Å². The van der Waals surface area contributed by atoms with Crippen molar-refractivity contribution in [2.75, 3.05) is 0 Å². The van der Waals surface area contributed by atoms with Crippen LogP contribution in [0.15, 0.2) is 34.4 Å². The molecule has 3 aliphatic carbocycles. The van der Waals surface area contributed by atoms with Gasteiger partial charge in [0.1, 0.15) is 0 Å². The SMILES string of the molecule is CC1=C(C)CC2=C(C1)C(=O)C1CC=CCC21[Si](C)(C)C. The molecule has 2 heteroatoms. The maximum absolute atomic E-state index is 13.0. The average Bonchev–Trinajstić information content (AvgIpc) is 2.62. The van der Waals surface area contributed by atoms with E-state index in [0.29, 0.717) is 5.78 Å². The Morgan fingerprint density at radius 2 is 1.75 bits per heavy atom. The minimum atomic E-state index is -1.46. The minimum Gasteiger partial charge on any atom is -0.294 e. The Kier molecular flexibility index (Phi) is 3.02. The van der Waals surface area contributed by atoms with Crippen molar-refractivity contribution in [3.63, 3.8) is 0 Å². The molecule has 0 radical (unpaired) electrons. The molecule has 0 aromatic carbocycles. The van der Waals surface area contributed by atoms with Gasteiger partial charge < -0.3 is 0 Å². The molecular weight excluding hydrogens is 260 g/mol. The van der Waals surface area contributed by atoms with Crippen molar-refractivity contribution < 1.29 is 4.79 Å². The number of ketones is 1. The van der Waals surface area contributed by atoms with Gasteiger partial charge >= 0.3 is 0 Å². The van der Waals surface area contributed by atoms with E-state index in [1.807, 2.05) is 0 Å². The molecule has 0 spiro atoms. The average molecular weight is 286 g/mol. The number of carbonyl (C=O) groups is 1. The minimum absolute atomic E-state index is 0.204. The van der Waals surface area contributed by atoms with Crippen molar-refractivity contribution in [3.8, 4) is 0 Å². The Morgan fingerprint density at radius 3 is 2.40 bits per heavy atom. The molecule has 2 unspecified atom stereocenters. The van der Waals surface area contributed by atoms with Crippen LogP contribution >= 0.6 is 0 Å².